The molecule has 10 heteroatoms. The lowest BCUT2D eigenvalue weighted by Gasteiger charge is -2.18. The first-order valence-electron chi connectivity index (χ1n) is 9.55. The van der Waals surface area contributed by atoms with Crippen LogP contribution in [0.1, 0.15) is 16.4 Å². The first kappa shape index (κ1) is 18.5. The van der Waals surface area contributed by atoms with Crippen molar-refractivity contribution in [3.63, 3.8) is 0 Å². The topological polar surface area (TPSA) is 122 Å². The largest absolute Gasteiger partial charge is 0.377 e. The highest BCUT2D eigenvalue weighted by molar-refractivity contribution is 6.00. The molecule has 5 rings (SSSR count). The van der Waals surface area contributed by atoms with Gasteiger partial charge in [-0.15, -0.1) is 0 Å². The van der Waals surface area contributed by atoms with Crippen molar-refractivity contribution < 1.29 is 14.3 Å². The Labute approximate surface area is 171 Å². The van der Waals surface area contributed by atoms with Gasteiger partial charge in [0.2, 0.25) is 0 Å². The maximum Gasteiger partial charge on any atom is 0.254 e. The lowest BCUT2D eigenvalue weighted by atomic mass is 10.1. The van der Waals surface area contributed by atoms with Crippen molar-refractivity contribution in [2.75, 3.05) is 32.7 Å². The number of fused-ring (bicyclic) bond motifs is 2. The zero-order valence-electron chi connectivity index (χ0n) is 16.6. The number of pyridine rings is 1. The fourth-order valence-electron chi connectivity index (χ4n) is 4.00. The summed E-state index contributed by atoms with van der Waals surface area (Å²) >= 11 is 0. The van der Waals surface area contributed by atoms with Crippen LogP contribution in [0.25, 0.3) is 27.9 Å². The third-order valence-electron chi connectivity index (χ3n) is 5.52. The monoisotopic (exact) mass is 407 g/mol. The van der Waals surface area contributed by atoms with Crippen LogP contribution in [0.15, 0.2) is 36.8 Å². The maximum atomic E-state index is 11.8. The van der Waals surface area contributed by atoms with E-state index in [1.165, 1.54) is 6.20 Å². The van der Waals surface area contributed by atoms with Crippen molar-refractivity contribution in [1.82, 2.24) is 24.1 Å². The van der Waals surface area contributed by atoms with E-state index in [0.717, 1.165) is 16.6 Å². The molecular weight excluding hydrogens is 386 g/mol. The summed E-state index contributed by atoms with van der Waals surface area (Å²) in [4.78, 5) is 21.2. The molecule has 0 saturated carbocycles. The van der Waals surface area contributed by atoms with Crippen LogP contribution in [0, 0.1) is 0 Å². The van der Waals surface area contributed by atoms with Crippen molar-refractivity contribution >= 4 is 28.4 Å². The van der Waals surface area contributed by atoms with Crippen molar-refractivity contribution in [3.8, 4) is 11.3 Å². The van der Waals surface area contributed by atoms with Gasteiger partial charge < -0.3 is 25.1 Å². The Morgan fingerprint density at radius 2 is 2.23 bits per heavy atom. The van der Waals surface area contributed by atoms with Gasteiger partial charge in [-0.25, -0.2) is 9.97 Å². The number of hydrogen-bond acceptors (Lipinski definition) is 7. The smallest absolute Gasteiger partial charge is 0.254 e. The Balaban J connectivity index is 1.75. The molecule has 0 spiro atoms. The molecule has 5 heterocycles. The molecule has 3 N–H and O–H groups in total. The van der Waals surface area contributed by atoms with Crippen LogP contribution in [0.5, 0.6) is 0 Å². The number of aromatic nitrogens is 5. The Morgan fingerprint density at radius 1 is 1.37 bits per heavy atom. The van der Waals surface area contributed by atoms with Gasteiger partial charge in [0, 0.05) is 43.6 Å². The van der Waals surface area contributed by atoms with Gasteiger partial charge in [0.15, 0.2) is 5.65 Å². The second-order valence-electron chi connectivity index (χ2n) is 7.14. The minimum Gasteiger partial charge on any atom is -0.377 e. The quantitative estimate of drug-likeness (QED) is 0.514. The number of nitrogens with one attached hydrogen (secondary N) is 1. The first-order chi connectivity index (χ1) is 14.6. The number of hydrogen-bond donors (Lipinski definition) is 2. The summed E-state index contributed by atoms with van der Waals surface area (Å²) in [5, 5.41) is 8.28. The van der Waals surface area contributed by atoms with Crippen LogP contribution >= 0.6 is 0 Å². The van der Waals surface area contributed by atoms with E-state index in [1.54, 1.807) is 24.9 Å². The molecule has 1 aliphatic heterocycles. The van der Waals surface area contributed by atoms with E-state index < -0.39 is 5.91 Å². The lowest BCUT2D eigenvalue weighted by Crippen LogP contribution is -2.24. The standard InChI is InChI=1S/C20H21N7O3/c1-22-17-6-14(25-20-12(18(21)28)7-24-27(17)20)13-8-26(15-9-30-10-16(15)29-2)19-11(13)4-3-5-23-19/h3-8,15-16,22H,9-10H2,1-2H3,(H2,21,28)/t15-,16-/m0/s1. The highest BCUT2D eigenvalue weighted by atomic mass is 16.5. The summed E-state index contributed by atoms with van der Waals surface area (Å²) in [6.07, 6.45) is 5.15. The number of nitrogens with two attached hydrogens (primary N) is 1. The summed E-state index contributed by atoms with van der Waals surface area (Å²) in [7, 11) is 3.47. The molecule has 0 aliphatic carbocycles. The molecule has 30 heavy (non-hydrogen) atoms. The number of primary amides is 1. The molecular formula is C20H21N7O3. The predicted octanol–water partition coefficient (Wildman–Crippen LogP) is 1.47. The summed E-state index contributed by atoms with van der Waals surface area (Å²) in [6, 6.07) is 5.78. The molecule has 4 aromatic rings. The average molecular weight is 407 g/mol. The molecule has 0 unspecified atom stereocenters. The number of nitrogens with zero attached hydrogens (tertiary/aromatic N) is 5. The Kier molecular flexibility index (Phi) is 4.37. The van der Waals surface area contributed by atoms with E-state index in [9.17, 15) is 4.79 Å². The molecule has 0 radical (unpaired) electrons. The normalized spacial score (nSPS) is 19.0. The van der Waals surface area contributed by atoms with E-state index in [0.29, 0.717) is 30.4 Å². The van der Waals surface area contributed by atoms with Crippen molar-refractivity contribution in [2.45, 2.75) is 12.1 Å². The number of carbonyl (C=O) groups is 1. The van der Waals surface area contributed by atoms with Gasteiger partial charge >= 0.3 is 0 Å². The number of ether oxygens (including phenoxy) is 2. The molecule has 2 atom stereocenters. The van der Waals surface area contributed by atoms with Gasteiger partial charge in [0.25, 0.3) is 5.91 Å². The number of amides is 1. The summed E-state index contributed by atoms with van der Waals surface area (Å²) in [5.74, 6) is 0.109. The molecule has 10 nitrogen and oxygen atoms in total. The molecule has 0 bridgehead atoms. The van der Waals surface area contributed by atoms with Crippen LogP contribution in [-0.4, -0.2) is 63.5 Å². The molecule has 1 fully saturated rings. The van der Waals surface area contributed by atoms with E-state index in [4.69, 9.17) is 20.2 Å². The van der Waals surface area contributed by atoms with Crippen molar-refractivity contribution in [2.24, 2.45) is 5.73 Å². The second kappa shape index (κ2) is 7.08. The van der Waals surface area contributed by atoms with E-state index >= 15 is 0 Å². The molecule has 4 aromatic heterocycles. The first-order valence-corrected chi connectivity index (χ1v) is 9.55. The molecule has 1 saturated heterocycles. The highest BCUT2D eigenvalue weighted by Gasteiger charge is 2.31. The van der Waals surface area contributed by atoms with Crippen LogP contribution in [-0.2, 0) is 9.47 Å². The molecule has 1 aliphatic rings. The van der Waals surface area contributed by atoms with Crippen LogP contribution < -0.4 is 11.1 Å². The number of carbonyl (C=O) groups excluding carboxylic acids is 1. The third-order valence-corrected chi connectivity index (χ3v) is 5.52. The van der Waals surface area contributed by atoms with Crippen LogP contribution in [0.4, 0.5) is 5.82 Å². The minimum atomic E-state index is -0.577. The van der Waals surface area contributed by atoms with Crippen molar-refractivity contribution in [1.29, 1.82) is 0 Å². The third kappa shape index (κ3) is 2.72. The van der Waals surface area contributed by atoms with Gasteiger partial charge in [0.1, 0.15) is 23.1 Å². The van der Waals surface area contributed by atoms with Crippen LogP contribution in [0.3, 0.4) is 0 Å². The SMILES string of the molecule is CNc1cc(-c2cn([C@H]3COC[C@@H]3OC)c3ncccc23)nc2c(C(N)=O)cnn12. The Bertz CT molecular complexity index is 1260. The lowest BCUT2D eigenvalue weighted by molar-refractivity contribution is 0.0692. The summed E-state index contributed by atoms with van der Waals surface area (Å²) < 4.78 is 14.9. The van der Waals surface area contributed by atoms with E-state index in [2.05, 4.69) is 20.0 Å². The Morgan fingerprint density at radius 3 is 3.00 bits per heavy atom. The Hall–Kier alpha value is -3.50. The van der Waals surface area contributed by atoms with E-state index in [1.807, 2.05) is 24.4 Å². The van der Waals surface area contributed by atoms with E-state index in [-0.39, 0.29) is 17.7 Å². The molecule has 1 amide bonds. The number of methoxy groups -OCH3 is 1. The molecule has 154 valence electrons. The van der Waals surface area contributed by atoms with Gasteiger partial charge in [-0.05, 0) is 12.1 Å². The number of rotatable bonds is 5. The zero-order chi connectivity index (χ0) is 20.8. The number of anilines is 1. The predicted molar refractivity (Wildman–Crippen MR) is 110 cm³/mol. The van der Waals surface area contributed by atoms with Gasteiger partial charge in [-0.3, -0.25) is 4.79 Å². The molecule has 0 aromatic carbocycles. The maximum absolute atomic E-state index is 11.8. The fourth-order valence-corrected chi connectivity index (χ4v) is 4.00. The van der Waals surface area contributed by atoms with Crippen molar-refractivity contribution in [3.05, 3.63) is 42.4 Å². The van der Waals surface area contributed by atoms with Gasteiger partial charge in [0.05, 0.1) is 31.1 Å². The van der Waals surface area contributed by atoms with Gasteiger partial charge in [-0.1, -0.05) is 0 Å². The van der Waals surface area contributed by atoms with Gasteiger partial charge in [-0.2, -0.15) is 9.61 Å². The average Bonchev–Trinajstić information content (AvgIpc) is 3.48. The summed E-state index contributed by atoms with van der Waals surface area (Å²) in [5.41, 5.74) is 8.56. The second-order valence-corrected chi connectivity index (χ2v) is 7.14. The minimum absolute atomic E-state index is 0.00444. The van der Waals surface area contributed by atoms with Crippen LogP contribution in [0.2, 0.25) is 0 Å². The zero-order valence-corrected chi connectivity index (χ0v) is 16.6. The fraction of sp³-hybridized carbons (Fsp3) is 0.300. The highest BCUT2D eigenvalue weighted by Crippen LogP contribution is 2.34. The summed E-state index contributed by atoms with van der Waals surface area (Å²) in [6.45, 7) is 1.08.